The van der Waals surface area contributed by atoms with Crippen LogP contribution in [0, 0.1) is 0 Å². The van der Waals surface area contributed by atoms with E-state index in [9.17, 15) is 9.59 Å². The molecule has 1 heterocycles. The Labute approximate surface area is 109 Å². The summed E-state index contributed by atoms with van der Waals surface area (Å²) in [6.45, 7) is 2.69. The third kappa shape index (κ3) is 4.53. The summed E-state index contributed by atoms with van der Waals surface area (Å²) in [5.41, 5.74) is 1.93. The zero-order valence-corrected chi connectivity index (χ0v) is 11.3. The van der Waals surface area contributed by atoms with Crippen molar-refractivity contribution in [3.8, 4) is 0 Å². The van der Waals surface area contributed by atoms with Crippen LogP contribution in [0.4, 0.5) is 0 Å². The molecular formula is C10H19N5O2S. The van der Waals surface area contributed by atoms with Gasteiger partial charge in [0.2, 0.25) is 5.91 Å². The standard InChI is InChI=1S/C10H19N5O2S/c1-2-6-15-9(17)13-14-10(15)18-7-4-3-5-8(16)12-11/h2-7,11H2,1H3,(H,12,16)(H,13,17). The summed E-state index contributed by atoms with van der Waals surface area (Å²) in [6.07, 6.45) is 2.98. The summed E-state index contributed by atoms with van der Waals surface area (Å²) in [5.74, 6) is 5.65. The Morgan fingerprint density at radius 3 is 3.00 bits per heavy atom. The highest BCUT2D eigenvalue weighted by molar-refractivity contribution is 7.99. The van der Waals surface area contributed by atoms with E-state index in [1.165, 1.54) is 11.8 Å². The van der Waals surface area contributed by atoms with Crippen LogP contribution >= 0.6 is 11.8 Å². The van der Waals surface area contributed by atoms with Crippen molar-refractivity contribution in [1.29, 1.82) is 0 Å². The van der Waals surface area contributed by atoms with E-state index in [2.05, 4.69) is 15.6 Å². The number of hydrazine groups is 1. The molecule has 0 bridgehead atoms. The number of thioether (sulfide) groups is 1. The minimum Gasteiger partial charge on any atom is -0.294 e. The molecule has 0 saturated carbocycles. The topological polar surface area (TPSA) is 106 Å². The van der Waals surface area contributed by atoms with Crippen LogP contribution in [0.5, 0.6) is 0 Å². The van der Waals surface area contributed by atoms with E-state index < -0.39 is 0 Å². The molecule has 0 atom stereocenters. The van der Waals surface area contributed by atoms with Crippen LogP contribution in [0.25, 0.3) is 0 Å². The first-order valence-corrected chi connectivity index (χ1v) is 6.95. The van der Waals surface area contributed by atoms with Gasteiger partial charge in [-0.15, -0.1) is 5.10 Å². The number of H-pyrrole nitrogens is 1. The van der Waals surface area contributed by atoms with Crippen molar-refractivity contribution in [2.24, 2.45) is 5.84 Å². The van der Waals surface area contributed by atoms with Gasteiger partial charge in [-0.1, -0.05) is 18.7 Å². The number of amides is 1. The zero-order valence-electron chi connectivity index (χ0n) is 10.4. The normalized spacial score (nSPS) is 10.6. The first kappa shape index (κ1) is 14.8. The molecule has 0 unspecified atom stereocenters. The Morgan fingerprint density at radius 2 is 2.33 bits per heavy atom. The van der Waals surface area contributed by atoms with E-state index in [1.807, 2.05) is 6.92 Å². The number of hydrogen-bond donors (Lipinski definition) is 3. The quantitative estimate of drug-likeness (QED) is 0.207. The molecule has 1 rings (SSSR count). The smallest absolute Gasteiger partial charge is 0.294 e. The number of nitrogens with zero attached hydrogens (tertiary/aromatic N) is 2. The van der Waals surface area contributed by atoms with Crippen molar-refractivity contribution in [1.82, 2.24) is 20.2 Å². The fourth-order valence-corrected chi connectivity index (χ4v) is 2.43. The minimum absolute atomic E-state index is 0.150. The SMILES string of the molecule is CCCn1c(SCCCCC(=O)NN)n[nH]c1=O. The number of nitrogens with one attached hydrogen (secondary N) is 2. The first-order valence-electron chi connectivity index (χ1n) is 5.96. The van der Waals surface area contributed by atoms with Crippen LogP contribution in [0.15, 0.2) is 9.95 Å². The number of carbonyl (C=O) groups excluding carboxylic acids is 1. The lowest BCUT2D eigenvalue weighted by Crippen LogP contribution is -2.29. The van der Waals surface area contributed by atoms with Gasteiger partial charge in [0.25, 0.3) is 0 Å². The highest BCUT2D eigenvalue weighted by atomic mass is 32.2. The van der Waals surface area contributed by atoms with Crippen molar-refractivity contribution >= 4 is 17.7 Å². The van der Waals surface area contributed by atoms with Gasteiger partial charge in [0.1, 0.15) is 0 Å². The molecule has 0 saturated heterocycles. The molecule has 0 aliphatic heterocycles. The van der Waals surface area contributed by atoms with Crippen LogP contribution < -0.4 is 17.0 Å². The third-order valence-corrected chi connectivity index (χ3v) is 3.42. The molecule has 1 aromatic rings. The van der Waals surface area contributed by atoms with E-state index in [0.29, 0.717) is 18.1 Å². The van der Waals surface area contributed by atoms with Gasteiger partial charge >= 0.3 is 5.69 Å². The monoisotopic (exact) mass is 273 g/mol. The highest BCUT2D eigenvalue weighted by Gasteiger charge is 2.07. The van der Waals surface area contributed by atoms with Crippen molar-refractivity contribution in [2.75, 3.05) is 5.75 Å². The lowest BCUT2D eigenvalue weighted by atomic mass is 10.2. The number of unbranched alkanes of at least 4 members (excludes halogenated alkanes) is 1. The Balaban J connectivity index is 2.31. The lowest BCUT2D eigenvalue weighted by Gasteiger charge is -2.03. The lowest BCUT2D eigenvalue weighted by molar-refractivity contribution is -0.121. The molecule has 1 aromatic heterocycles. The van der Waals surface area contributed by atoms with Gasteiger partial charge in [0, 0.05) is 18.7 Å². The molecule has 0 aliphatic rings. The number of nitrogens with two attached hydrogens (primary N) is 1. The van der Waals surface area contributed by atoms with Crippen molar-refractivity contribution in [3.05, 3.63) is 10.5 Å². The average molecular weight is 273 g/mol. The summed E-state index contributed by atoms with van der Waals surface area (Å²) in [6, 6.07) is 0. The van der Waals surface area contributed by atoms with Gasteiger partial charge < -0.3 is 0 Å². The summed E-state index contributed by atoms with van der Waals surface area (Å²) in [7, 11) is 0. The second-order valence-electron chi connectivity index (χ2n) is 3.84. The Morgan fingerprint density at radius 1 is 1.56 bits per heavy atom. The molecule has 7 nitrogen and oxygen atoms in total. The average Bonchev–Trinajstić information content (AvgIpc) is 2.71. The molecule has 4 N–H and O–H groups in total. The fourth-order valence-electron chi connectivity index (χ4n) is 1.46. The summed E-state index contributed by atoms with van der Waals surface area (Å²) < 4.78 is 1.64. The van der Waals surface area contributed by atoms with Gasteiger partial charge in [-0.05, 0) is 19.3 Å². The van der Waals surface area contributed by atoms with Crippen LogP contribution in [0.2, 0.25) is 0 Å². The highest BCUT2D eigenvalue weighted by Crippen LogP contribution is 2.15. The zero-order chi connectivity index (χ0) is 13.4. The summed E-state index contributed by atoms with van der Waals surface area (Å²) in [5, 5.41) is 7.13. The van der Waals surface area contributed by atoms with Gasteiger partial charge in [-0.3, -0.25) is 14.8 Å². The van der Waals surface area contributed by atoms with Gasteiger partial charge in [-0.2, -0.15) is 0 Å². The van der Waals surface area contributed by atoms with E-state index in [0.717, 1.165) is 25.0 Å². The molecular weight excluding hydrogens is 254 g/mol. The fraction of sp³-hybridized carbons (Fsp3) is 0.700. The Hall–Kier alpha value is -1.28. The molecule has 0 spiro atoms. The third-order valence-electron chi connectivity index (χ3n) is 2.36. The van der Waals surface area contributed by atoms with E-state index in [1.54, 1.807) is 4.57 Å². The van der Waals surface area contributed by atoms with Crippen molar-refractivity contribution in [3.63, 3.8) is 0 Å². The second-order valence-corrected chi connectivity index (χ2v) is 4.90. The molecule has 8 heteroatoms. The van der Waals surface area contributed by atoms with Gasteiger partial charge in [-0.25, -0.2) is 15.7 Å². The maximum Gasteiger partial charge on any atom is 0.343 e. The number of aromatic nitrogens is 3. The van der Waals surface area contributed by atoms with E-state index in [-0.39, 0.29) is 11.6 Å². The Kier molecular flexibility index (Phi) is 6.51. The maximum absolute atomic E-state index is 11.4. The molecule has 0 radical (unpaired) electrons. The van der Waals surface area contributed by atoms with E-state index >= 15 is 0 Å². The number of carbonyl (C=O) groups is 1. The second kappa shape index (κ2) is 7.93. The molecule has 102 valence electrons. The van der Waals surface area contributed by atoms with Crippen molar-refractivity contribution < 1.29 is 4.79 Å². The van der Waals surface area contributed by atoms with Gasteiger partial charge in [0.05, 0.1) is 0 Å². The van der Waals surface area contributed by atoms with Gasteiger partial charge in [0.15, 0.2) is 5.16 Å². The molecule has 0 aliphatic carbocycles. The van der Waals surface area contributed by atoms with Crippen LogP contribution in [-0.2, 0) is 11.3 Å². The predicted octanol–water partition coefficient (Wildman–Crippen LogP) is 0.234. The van der Waals surface area contributed by atoms with Crippen LogP contribution in [0.1, 0.15) is 32.6 Å². The predicted molar refractivity (Wildman–Crippen MR) is 70.0 cm³/mol. The van der Waals surface area contributed by atoms with Crippen LogP contribution in [0.3, 0.4) is 0 Å². The number of hydrogen-bond acceptors (Lipinski definition) is 5. The van der Waals surface area contributed by atoms with Crippen LogP contribution in [-0.4, -0.2) is 26.4 Å². The minimum atomic E-state index is -0.165. The maximum atomic E-state index is 11.4. The number of aromatic amines is 1. The summed E-state index contributed by atoms with van der Waals surface area (Å²) in [4.78, 5) is 22.3. The van der Waals surface area contributed by atoms with E-state index in [4.69, 9.17) is 5.84 Å². The molecule has 0 aromatic carbocycles. The number of rotatable bonds is 8. The Bertz CT molecular complexity index is 428. The molecule has 18 heavy (non-hydrogen) atoms. The molecule has 1 amide bonds. The first-order chi connectivity index (χ1) is 8.69. The molecule has 0 fully saturated rings. The largest absolute Gasteiger partial charge is 0.343 e. The van der Waals surface area contributed by atoms with Crippen molar-refractivity contribution in [2.45, 2.75) is 44.3 Å². The summed E-state index contributed by atoms with van der Waals surface area (Å²) >= 11 is 1.52.